The minimum atomic E-state index is -4.64. The highest BCUT2D eigenvalue weighted by atomic mass is 79.9. The number of hydrogen-bond acceptors (Lipinski definition) is 2. The SMILES string of the molecule is CC(NS(=O)(=O)c1ccc(Br)c2ccccc12)C(F)(F)F. The van der Waals surface area contributed by atoms with Crippen molar-refractivity contribution in [3.05, 3.63) is 40.9 Å². The highest BCUT2D eigenvalue weighted by Gasteiger charge is 2.39. The molecule has 8 heteroatoms. The summed E-state index contributed by atoms with van der Waals surface area (Å²) in [6, 6.07) is 7.19. The number of hydrogen-bond donors (Lipinski definition) is 1. The van der Waals surface area contributed by atoms with Gasteiger partial charge in [0.15, 0.2) is 0 Å². The van der Waals surface area contributed by atoms with Gasteiger partial charge in [-0.2, -0.15) is 17.9 Å². The van der Waals surface area contributed by atoms with Crippen molar-refractivity contribution in [2.24, 2.45) is 0 Å². The van der Waals surface area contributed by atoms with Gasteiger partial charge in [-0.25, -0.2) is 8.42 Å². The zero-order chi connectivity index (χ0) is 15.8. The Kier molecular flexibility index (Phi) is 4.32. The summed E-state index contributed by atoms with van der Waals surface area (Å²) in [5, 5.41) is 0.966. The van der Waals surface area contributed by atoms with Crippen molar-refractivity contribution in [2.45, 2.75) is 24.0 Å². The van der Waals surface area contributed by atoms with Gasteiger partial charge in [0.2, 0.25) is 10.0 Å². The van der Waals surface area contributed by atoms with Crippen LogP contribution in [0.5, 0.6) is 0 Å². The Hall–Kier alpha value is -1.12. The molecule has 1 unspecified atom stereocenters. The van der Waals surface area contributed by atoms with Gasteiger partial charge in [-0.15, -0.1) is 0 Å². The lowest BCUT2D eigenvalue weighted by Crippen LogP contribution is -2.43. The van der Waals surface area contributed by atoms with Crippen molar-refractivity contribution in [3.63, 3.8) is 0 Å². The van der Waals surface area contributed by atoms with Gasteiger partial charge < -0.3 is 0 Å². The summed E-state index contributed by atoms with van der Waals surface area (Å²) in [5.41, 5.74) is 0. The Labute approximate surface area is 128 Å². The Morgan fingerprint density at radius 3 is 2.24 bits per heavy atom. The average molecular weight is 382 g/mol. The van der Waals surface area contributed by atoms with Gasteiger partial charge in [0.1, 0.15) is 6.04 Å². The summed E-state index contributed by atoms with van der Waals surface area (Å²) in [6.07, 6.45) is -4.64. The molecular weight excluding hydrogens is 371 g/mol. The van der Waals surface area contributed by atoms with Crippen LogP contribution in [0.25, 0.3) is 10.8 Å². The predicted octanol–water partition coefficient (Wildman–Crippen LogP) is 3.83. The maximum Gasteiger partial charge on any atom is 0.404 e. The minimum Gasteiger partial charge on any atom is -0.207 e. The quantitative estimate of drug-likeness (QED) is 0.877. The molecule has 0 aliphatic heterocycles. The van der Waals surface area contributed by atoms with Gasteiger partial charge in [0.25, 0.3) is 0 Å². The number of halogens is 4. The molecule has 0 saturated carbocycles. The van der Waals surface area contributed by atoms with E-state index in [9.17, 15) is 21.6 Å². The molecule has 2 aromatic rings. The molecule has 0 bridgehead atoms. The molecule has 1 atom stereocenters. The molecule has 0 aliphatic carbocycles. The summed E-state index contributed by atoms with van der Waals surface area (Å²) < 4.78 is 64.3. The van der Waals surface area contributed by atoms with E-state index in [4.69, 9.17) is 0 Å². The normalized spacial score (nSPS) is 14.3. The lowest BCUT2D eigenvalue weighted by atomic mass is 10.1. The maximum absolute atomic E-state index is 12.5. The summed E-state index contributed by atoms with van der Waals surface area (Å²) in [5.74, 6) is 0. The van der Waals surface area contributed by atoms with E-state index in [1.54, 1.807) is 29.0 Å². The number of rotatable bonds is 3. The predicted molar refractivity (Wildman–Crippen MR) is 77.5 cm³/mol. The van der Waals surface area contributed by atoms with Crippen LogP contribution < -0.4 is 4.72 Å². The van der Waals surface area contributed by atoms with Gasteiger partial charge in [0.05, 0.1) is 4.90 Å². The van der Waals surface area contributed by atoms with Crippen LogP contribution in [-0.2, 0) is 10.0 Å². The molecule has 0 fully saturated rings. The molecular formula is C13H11BrF3NO2S. The van der Waals surface area contributed by atoms with E-state index in [0.29, 0.717) is 15.2 Å². The first-order valence-corrected chi connectivity index (χ1v) is 8.17. The summed E-state index contributed by atoms with van der Waals surface area (Å²) in [4.78, 5) is -0.183. The lowest BCUT2D eigenvalue weighted by Gasteiger charge is -2.18. The molecule has 0 heterocycles. The summed E-state index contributed by atoms with van der Waals surface area (Å²) >= 11 is 3.29. The van der Waals surface area contributed by atoms with Crippen molar-refractivity contribution in [1.82, 2.24) is 4.72 Å². The molecule has 2 aromatic carbocycles. The Morgan fingerprint density at radius 1 is 1.10 bits per heavy atom. The highest BCUT2D eigenvalue weighted by molar-refractivity contribution is 9.10. The van der Waals surface area contributed by atoms with E-state index in [0.717, 1.165) is 6.92 Å². The van der Waals surface area contributed by atoms with Crippen molar-refractivity contribution in [1.29, 1.82) is 0 Å². The fraction of sp³-hybridized carbons (Fsp3) is 0.231. The van der Waals surface area contributed by atoms with Gasteiger partial charge in [0, 0.05) is 9.86 Å². The molecule has 1 N–H and O–H groups in total. The minimum absolute atomic E-state index is 0.183. The fourth-order valence-corrected chi connectivity index (χ4v) is 3.75. The smallest absolute Gasteiger partial charge is 0.207 e. The van der Waals surface area contributed by atoms with E-state index in [-0.39, 0.29) is 4.90 Å². The Bertz CT molecular complexity index is 775. The second-order valence-electron chi connectivity index (χ2n) is 4.48. The zero-order valence-electron chi connectivity index (χ0n) is 10.8. The van der Waals surface area contributed by atoms with Crippen LogP contribution in [0.1, 0.15) is 6.92 Å². The van der Waals surface area contributed by atoms with Gasteiger partial charge >= 0.3 is 6.18 Å². The van der Waals surface area contributed by atoms with Crippen molar-refractivity contribution in [2.75, 3.05) is 0 Å². The van der Waals surface area contributed by atoms with Crippen molar-refractivity contribution in [3.8, 4) is 0 Å². The van der Waals surface area contributed by atoms with E-state index < -0.39 is 22.2 Å². The molecule has 2 rings (SSSR count). The molecule has 3 nitrogen and oxygen atoms in total. The zero-order valence-corrected chi connectivity index (χ0v) is 13.2. The second-order valence-corrected chi connectivity index (χ2v) is 7.01. The van der Waals surface area contributed by atoms with Gasteiger partial charge in [-0.1, -0.05) is 40.2 Å². The summed E-state index contributed by atoms with van der Waals surface area (Å²) in [6.45, 7) is 0.762. The first-order valence-electron chi connectivity index (χ1n) is 5.89. The largest absolute Gasteiger partial charge is 0.404 e. The number of sulfonamides is 1. The van der Waals surface area contributed by atoms with E-state index in [1.165, 1.54) is 12.1 Å². The monoisotopic (exact) mass is 381 g/mol. The average Bonchev–Trinajstić information content (AvgIpc) is 2.37. The van der Waals surface area contributed by atoms with Crippen molar-refractivity contribution < 1.29 is 21.6 Å². The van der Waals surface area contributed by atoms with Crippen molar-refractivity contribution >= 4 is 36.7 Å². The molecule has 0 saturated heterocycles. The first kappa shape index (κ1) is 16.3. The standard InChI is InChI=1S/C13H11BrF3NO2S/c1-8(13(15,16)17)18-21(19,20)12-7-6-11(14)9-4-2-3-5-10(9)12/h2-8,18H,1H3. The molecule has 0 spiro atoms. The molecule has 0 amide bonds. The molecule has 21 heavy (non-hydrogen) atoms. The summed E-state index contributed by atoms with van der Waals surface area (Å²) in [7, 11) is -4.28. The molecule has 0 radical (unpaired) electrons. The van der Waals surface area contributed by atoms with E-state index >= 15 is 0 Å². The third-order valence-corrected chi connectivity index (χ3v) is 5.23. The van der Waals surface area contributed by atoms with Crippen LogP contribution in [0, 0.1) is 0 Å². The molecule has 0 aliphatic rings. The van der Waals surface area contributed by atoms with Crippen LogP contribution in [0.15, 0.2) is 45.8 Å². The number of nitrogens with one attached hydrogen (secondary N) is 1. The number of fused-ring (bicyclic) bond motifs is 1. The maximum atomic E-state index is 12.5. The molecule has 114 valence electrons. The van der Waals surface area contributed by atoms with E-state index in [1.807, 2.05) is 0 Å². The highest BCUT2D eigenvalue weighted by Crippen LogP contribution is 2.30. The number of alkyl halides is 3. The van der Waals surface area contributed by atoms with Gasteiger partial charge in [-0.3, -0.25) is 0 Å². The molecule has 0 aromatic heterocycles. The first-order chi connectivity index (χ1) is 9.63. The Balaban J connectivity index is 2.54. The Morgan fingerprint density at radius 2 is 1.67 bits per heavy atom. The van der Waals surface area contributed by atoms with Crippen LogP contribution in [0.2, 0.25) is 0 Å². The van der Waals surface area contributed by atoms with Crippen LogP contribution >= 0.6 is 15.9 Å². The fourth-order valence-electron chi connectivity index (χ4n) is 1.83. The van der Waals surface area contributed by atoms with E-state index in [2.05, 4.69) is 15.9 Å². The number of benzene rings is 2. The third-order valence-electron chi connectivity index (χ3n) is 2.94. The van der Waals surface area contributed by atoms with Gasteiger partial charge in [-0.05, 0) is 24.4 Å². The van der Waals surface area contributed by atoms with Crippen LogP contribution in [0.3, 0.4) is 0 Å². The second kappa shape index (κ2) is 5.58. The lowest BCUT2D eigenvalue weighted by molar-refractivity contribution is -0.147. The third kappa shape index (κ3) is 3.38. The van der Waals surface area contributed by atoms with Crippen LogP contribution in [-0.4, -0.2) is 20.6 Å². The topological polar surface area (TPSA) is 46.2 Å². The van der Waals surface area contributed by atoms with Crippen LogP contribution in [0.4, 0.5) is 13.2 Å².